The molecule has 2 aromatic carbocycles. The van der Waals surface area contributed by atoms with E-state index in [4.69, 9.17) is 10.1 Å². The molecule has 0 amide bonds. The van der Waals surface area contributed by atoms with E-state index < -0.39 is 32.0 Å². The lowest BCUT2D eigenvalue weighted by atomic mass is 9.87. The monoisotopic (exact) mass is 511 g/mol. The number of carboxylic acid groups (broad SMARTS) is 1. The topological polar surface area (TPSA) is 108 Å². The van der Waals surface area contributed by atoms with Crippen LogP contribution in [-0.4, -0.2) is 38.3 Å². The summed E-state index contributed by atoms with van der Waals surface area (Å²) in [5, 5.41) is 18.8. The number of aliphatic carboxylic acids is 1. The summed E-state index contributed by atoms with van der Waals surface area (Å²) in [6, 6.07) is 15.8. The van der Waals surface area contributed by atoms with Gasteiger partial charge in [0.05, 0.1) is 30.1 Å². The Balaban J connectivity index is 2.26. The van der Waals surface area contributed by atoms with Crippen LogP contribution in [0, 0.1) is 5.82 Å². The number of hydrogen-bond acceptors (Lipinski definition) is 4. The van der Waals surface area contributed by atoms with Crippen LogP contribution in [0.2, 0.25) is 0 Å². The molecule has 2 atom stereocenters. The Bertz CT molecular complexity index is 1290. The molecule has 190 valence electrons. The van der Waals surface area contributed by atoms with Crippen LogP contribution in [0.1, 0.15) is 49.9 Å². The van der Waals surface area contributed by atoms with E-state index in [0.717, 1.165) is 33.8 Å². The molecular weight excluding hydrogens is 480 g/mol. The standard InChI is InChI=1S/C28H31FNO5P/c1-4-23-26(19-10-12-21(29)13-11-19)24(14-15-36(34,35)17-22(31)16-25(32)33)27(18(2)3)30-28(23)20-8-6-5-7-9-20/h5-15,18,22,31H,4,16-17H2,1-3H3,(H,32,33)(H,34,35). The third-order valence-electron chi connectivity index (χ3n) is 5.80. The molecule has 3 aromatic rings. The third kappa shape index (κ3) is 6.76. The van der Waals surface area contributed by atoms with Crippen molar-refractivity contribution in [3.63, 3.8) is 0 Å². The molecule has 0 aliphatic rings. The van der Waals surface area contributed by atoms with Gasteiger partial charge in [-0.3, -0.25) is 14.3 Å². The van der Waals surface area contributed by atoms with E-state index in [9.17, 15) is 23.7 Å². The number of aliphatic hydroxyl groups excluding tert-OH is 1. The highest BCUT2D eigenvalue weighted by molar-refractivity contribution is 7.61. The van der Waals surface area contributed by atoms with Crippen molar-refractivity contribution in [1.29, 1.82) is 0 Å². The van der Waals surface area contributed by atoms with Gasteiger partial charge >= 0.3 is 5.97 Å². The summed E-state index contributed by atoms with van der Waals surface area (Å²) in [4.78, 5) is 26.3. The second-order valence-electron chi connectivity index (χ2n) is 9.00. The van der Waals surface area contributed by atoms with Crippen molar-refractivity contribution in [2.45, 2.75) is 45.6 Å². The normalized spacial score (nSPS) is 14.2. The average Bonchev–Trinajstić information content (AvgIpc) is 2.81. The van der Waals surface area contributed by atoms with E-state index in [2.05, 4.69) is 0 Å². The Hall–Kier alpha value is -3.12. The van der Waals surface area contributed by atoms with E-state index in [-0.39, 0.29) is 11.7 Å². The maximum atomic E-state index is 13.8. The average molecular weight is 512 g/mol. The molecular formula is C28H31FNO5P. The number of nitrogens with zero attached hydrogens (tertiary/aromatic N) is 1. The lowest BCUT2D eigenvalue weighted by Crippen LogP contribution is -2.17. The Morgan fingerprint density at radius 1 is 1.08 bits per heavy atom. The van der Waals surface area contributed by atoms with Gasteiger partial charge in [0, 0.05) is 16.9 Å². The van der Waals surface area contributed by atoms with Crippen LogP contribution in [0.5, 0.6) is 0 Å². The van der Waals surface area contributed by atoms with Gasteiger partial charge in [-0.1, -0.05) is 63.2 Å². The summed E-state index contributed by atoms with van der Waals surface area (Å²) in [6.07, 6.45) is -0.507. The molecule has 3 rings (SSSR count). The summed E-state index contributed by atoms with van der Waals surface area (Å²) >= 11 is 0. The van der Waals surface area contributed by atoms with Gasteiger partial charge in [0.15, 0.2) is 0 Å². The molecule has 0 bridgehead atoms. The number of halogens is 1. The number of rotatable bonds is 10. The molecule has 0 spiro atoms. The number of hydrogen-bond donors (Lipinski definition) is 3. The molecule has 0 aliphatic carbocycles. The summed E-state index contributed by atoms with van der Waals surface area (Å²) in [7, 11) is -4.01. The van der Waals surface area contributed by atoms with Crippen LogP contribution in [0.3, 0.4) is 0 Å². The molecule has 0 radical (unpaired) electrons. The molecule has 0 saturated carbocycles. The zero-order valence-electron chi connectivity index (χ0n) is 20.6. The van der Waals surface area contributed by atoms with Crippen molar-refractivity contribution in [3.8, 4) is 22.4 Å². The molecule has 36 heavy (non-hydrogen) atoms. The zero-order valence-corrected chi connectivity index (χ0v) is 21.5. The van der Waals surface area contributed by atoms with Crippen LogP contribution in [0.25, 0.3) is 28.5 Å². The molecule has 0 aliphatic heterocycles. The van der Waals surface area contributed by atoms with Crippen LogP contribution in [-0.2, 0) is 15.8 Å². The minimum Gasteiger partial charge on any atom is -0.481 e. The van der Waals surface area contributed by atoms with E-state index >= 15 is 0 Å². The maximum Gasteiger partial charge on any atom is 0.305 e. The van der Waals surface area contributed by atoms with E-state index in [1.807, 2.05) is 51.1 Å². The second-order valence-corrected chi connectivity index (χ2v) is 11.2. The number of carboxylic acids is 1. The number of benzene rings is 2. The fourth-order valence-corrected chi connectivity index (χ4v) is 5.45. The fourth-order valence-electron chi connectivity index (χ4n) is 4.21. The Labute approximate surface area is 210 Å². The highest BCUT2D eigenvalue weighted by atomic mass is 31.2. The third-order valence-corrected chi connectivity index (χ3v) is 7.36. The number of pyridine rings is 1. The van der Waals surface area contributed by atoms with Crippen molar-refractivity contribution in [3.05, 3.63) is 83.1 Å². The van der Waals surface area contributed by atoms with Gasteiger partial charge in [0.25, 0.3) is 0 Å². The predicted molar refractivity (Wildman–Crippen MR) is 141 cm³/mol. The van der Waals surface area contributed by atoms with Gasteiger partial charge < -0.3 is 15.1 Å². The summed E-state index contributed by atoms with van der Waals surface area (Å²) in [5.74, 6) is -0.536. The van der Waals surface area contributed by atoms with Gasteiger partial charge in [-0.25, -0.2) is 4.39 Å². The first-order chi connectivity index (χ1) is 17.0. The predicted octanol–water partition coefficient (Wildman–Crippen LogP) is 6.32. The molecule has 8 heteroatoms. The first-order valence-corrected chi connectivity index (χ1v) is 13.7. The minimum atomic E-state index is -4.01. The maximum absolute atomic E-state index is 13.8. The molecule has 3 N–H and O–H groups in total. The van der Waals surface area contributed by atoms with Gasteiger partial charge in [0.1, 0.15) is 5.82 Å². The van der Waals surface area contributed by atoms with Gasteiger partial charge in [-0.15, -0.1) is 0 Å². The Kier molecular flexibility index (Phi) is 8.96. The van der Waals surface area contributed by atoms with Crippen molar-refractivity contribution in [1.82, 2.24) is 4.98 Å². The highest BCUT2D eigenvalue weighted by Crippen LogP contribution is 2.46. The lowest BCUT2D eigenvalue weighted by molar-refractivity contribution is -0.138. The number of carbonyl (C=O) groups is 1. The van der Waals surface area contributed by atoms with E-state index in [1.54, 1.807) is 12.1 Å². The molecule has 1 aromatic heterocycles. The number of aromatic nitrogens is 1. The van der Waals surface area contributed by atoms with Crippen molar-refractivity contribution in [2.75, 3.05) is 6.16 Å². The fraction of sp³-hybridized carbons (Fsp3) is 0.286. The van der Waals surface area contributed by atoms with Crippen LogP contribution >= 0.6 is 7.37 Å². The largest absolute Gasteiger partial charge is 0.481 e. The molecule has 0 saturated heterocycles. The summed E-state index contributed by atoms with van der Waals surface area (Å²) < 4.78 is 26.6. The molecule has 6 nitrogen and oxygen atoms in total. The molecule has 1 heterocycles. The van der Waals surface area contributed by atoms with E-state index in [1.165, 1.54) is 18.2 Å². The van der Waals surface area contributed by atoms with E-state index in [0.29, 0.717) is 17.7 Å². The first-order valence-electron chi connectivity index (χ1n) is 11.8. The minimum absolute atomic E-state index is 0.0482. The zero-order chi connectivity index (χ0) is 26.5. The highest BCUT2D eigenvalue weighted by Gasteiger charge is 2.25. The SMILES string of the molecule is CCc1c(-c2ccccc2)nc(C(C)C)c(C=CP(=O)(O)CC(O)CC(=O)O)c1-c1ccc(F)cc1. The van der Waals surface area contributed by atoms with Crippen molar-refractivity contribution in [2.24, 2.45) is 0 Å². The smallest absolute Gasteiger partial charge is 0.305 e. The van der Waals surface area contributed by atoms with Gasteiger partial charge in [-0.2, -0.15) is 0 Å². The second kappa shape index (κ2) is 11.7. The van der Waals surface area contributed by atoms with Gasteiger partial charge in [-0.05, 0) is 47.2 Å². The molecule has 0 fully saturated rings. The molecule has 2 unspecified atom stereocenters. The lowest BCUT2D eigenvalue weighted by Gasteiger charge is -2.22. The summed E-state index contributed by atoms with van der Waals surface area (Å²) in [6.45, 7) is 5.95. The Morgan fingerprint density at radius 2 is 1.72 bits per heavy atom. The summed E-state index contributed by atoms with van der Waals surface area (Å²) in [5.41, 5.74) is 5.51. The van der Waals surface area contributed by atoms with Crippen LogP contribution in [0.15, 0.2) is 60.4 Å². The van der Waals surface area contributed by atoms with Crippen molar-refractivity contribution >= 4 is 19.4 Å². The van der Waals surface area contributed by atoms with Crippen LogP contribution < -0.4 is 0 Å². The quantitative estimate of drug-likeness (QED) is 0.275. The van der Waals surface area contributed by atoms with Crippen LogP contribution in [0.4, 0.5) is 4.39 Å². The number of aliphatic hydroxyl groups is 1. The first kappa shape index (κ1) is 27.5. The van der Waals surface area contributed by atoms with Crippen molar-refractivity contribution < 1.29 is 28.9 Å². The Morgan fingerprint density at radius 3 is 2.28 bits per heavy atom. The van der Waals surface area contributed by atoms with Gasteiger partial charge in [0.2, 0.25) is 7.37 Å².